The number of halogens is 2. The lowest BCUT2D eigenvalue weighted by Crippen LogP contribution is -2.46. The van der Waals surface area contributed by atoms with Crippen LogP contribution in [0.15, 0.2) is 30.3 Å². The van der Waals surface area contributed by atoms with Crippen LogP contribution in [-0.4, -0.2) is 47.2 Å². The molecule has 0 atom stereocenters. The fraction of sp³-hybridized carbons (Fsp3) is 0.286. The highest BCUT2D eigenvalue weighted by atomic mass is 35.5. The molecule has 1 aromatic heterocycles. The quantitative estimate of drug-likeness (QED) is 0.889. The maximum absolute atomic E-state index is 12.3. The molecular formula is C14H16Cl2N4O. The Bertz CT molecular complexity index is 623. The van der Waals surface area contributed by atoms with Gasteiger partial charge in [-0.05, 0) is 12.1 Å². The lowest BCUT2D eigenvalue weighted by molar-refractivity contribution is 0.0730. The molecule has 2 aromatic rings. The maximum Gasteiger partial charge on any atom is 0.271 e. The fourth-order valence-corrected chi connectivity index (χ4v) is 2.51. The number of carbonyl (C=O) groups is 1. The van der Waals surface area contributed by atoms with Crippen LogP contribution in [0.4, 0.5) is 0 Å². The van der Waals surface area contributed by atoms with Crippen molar-refractivity contribution in [1.82, 2.24) is 20.4 Å². The molecule has 1 aromatic carbocycles. The lowest BCUT2D eigenvalue weighted by Gasteiger charge is -2.26. The molecule has 21 heavy (non-hydrogen) atoms. The van der Waals surface area contributed by atoms with Gasteiger partial charge in [0.1, 0.15) is 5.69 Å². The first-order chi connectivity index (χ1) is 9.75. The predicted octanol–water partition coefficient (Wildman–Crippen LogP) is 2.20. The first-order valence-electron chi connectivity index (χ1n) is 6.56. The third kappa shape index (κ3) is 3.37. The van der Waals surface area contributed by atoms with Gasteiger partial charge in [0.25, 0.3) is 5.91 Å². The standard InChI is InChI=1S/C14H15ClN4O.ClH/c15-11-4-2-1-3-10(11)12-9-13(18-17-12)14(20)19-7-5-16-6-8-19;/h1-4,9,16H,5-8H2,(H,17,18);1H. The molecule has 3 rings (SSSR count). The minimum absolute atomic E-state index is 0. The molecule has 1 fully saturated rings. The van der Waals surface area contributed by atoms with Crippen molar-refractivity contribution in [1.29, 1.82) is 0 Å². The van der Waals surface area contributed by atoms with E-state index in [-0.39, 0.29) is 18.3 Å². The van der Waals surface area contributed by atoms with E-state index in [1.165, 1.54) is 0 Å². The summed E-state index contributed by atoms with van der Waals surface area (Å²) in [6, 6.07) is 9.21. The first kappa shape index (κ1) is 15.8. The number of amides is 1. The van der Waals surface area contributed by atoms with Crippen LogP contribution in [0.25, 0.3) is 11.3 Å². The number of nitrogens with one attached hydrogen (secondary N) is 2. The predicted molar refractivity (Wildman–Crippen MR) is 85.1 cm³/mol. The van der Waals surface area contributed by atoms with Gasteiger partial charge in [-0.3, -0.25) is 9.89 Å². The average molecular weight is 327 g/mol. The second-order valence-electron chi connectivity index (χ2n) is 4.69. The SMILES string of the molecule is Cl.O=C(c1cc(-c2ccccc2Cl)n[nH]1)N1CCNCC1. The topological polar surface area (TPSA) is 61.0 Å². The summed E-state index contributed by atoms with van der Waals surface area (Å²) in [4.78, 5) is 14.1. The Morgan fingerprint density at radius 1 is 1.24 bits per heavy atom. The number of H-pyrrole nitrogens is 1. The zero-order chi connectivity index (χ0) is 13.9. The zero-order valence-corrected chi connectivity index (χ0v) is 12.9. The second kappa shape index (κ2) is 6.93. The summed E-state index contributed by atoms with van der Waals surface area (Å²) in [6.45, 7) is 3.10. The molecule has 1 aliphatic rings. The van der Waals surface area contributed by atoms with Crippen LogP contribution >= 0.6 is 24.0 Å². The number of hydrogen-bond acceptors (Lipinski definition) is 3. The van der Waals surface area contributed by atoms with Crippen molar-refractivity contribution in [2.45, 2.75) is 0 Å². The molecule has 0 bridgehead atoms. The lowest BCUT2D eigenvalue weighted by atomic mass is 10.1. The number of carbonyl (C=O) groups excluding carboxylic acids is 1. The molecule has 2 heterocycles. The second-order valence-corrected chi connectivity index (χ2v) is 5.10. The van der Waals surface area contributed by atoms with Gasteiger partial charge in [0.2, 0.25) is 0 Å². The van der Waals surface area contributed by atoms with Crippen molar-refractivity contribution >= 4 is 29.9 Å². The van der Waals surface area contributed by atoms with Crippen LogP contribution < -0.4 is 5.32 Å². The van der Waals surface area contributed by atoms with E-state index in [0.29, 0.717) is 16.4 Å². The van der Waals surface area contributed by atoms with Gasteiger partial charge in [0, 0.05) is 31.7 Å². The van der Waals surface area contributed by atoms with Gasteiger partial charge >= 0.3 is 0 Å². The minimum atomic E-state index is -0.0164. The van der Waals surface area contributed by atoms with Gasteiger partial charge in [0.05, 0.1) is 10.7 Å². The molecule has 0 radical (unpaired) electrons. The van der Waals surface area contributed by atoms with E-state index in [1.807, 2.05) is 29.2 Å². The summed E-state index contributed by atoms with van der Waals surface area (Å²) in [6.07, 6.45) is 0. The number of piperazine rings is 1. The summed E-state index contributed by atoms with van der Waals surface area (Å²) in [7, 11) is 0. The summed E-state index contributed by atoms with van der Waals surface area (Å²) in [5.41, 5.74) is 2.01. The number of nitrogens with zero attached hydrogens (tertiary/aromatic N) is 2. The van der Waals surface area contributed by atoms with E-state index >= 15 is 0 Å². The summed E-state index contributed by atoms with van der Waals surface area (Å²) in [5, 5.41) is 10.8. The molecule has 112 valence electrons. The Balaban J connectivity index is 0.00000161. The average Bonchev–Trinajstić information content (AvgIpc) is 2.97. The van der Waals surface area contributed by atoms with E-state index in [1.54, 1.807) is 6.07 Å². The van der Waals surface area contributed by atoms with Crippen LogP contribution in [0.3, 0.4) is 0 Å². The van der Waals surface area contributed by atoms with Crippen LogP contribution in [0.2, 0.25) is 5.02 Å². The molecule has 1 aliphatic heterocycles. The third-order valence-corrected chi connectivity index (χ3v) is 3.69. The highest BCUT2D eigenvalue weighted by Crippen LogP contribution is 2.26. The third-order valence-electron chi connectivity index (χ3n) is 3.36. The number of hydrogen-bond donors (Lipinski definition) is 2. The monoisotopic (exact) mass is 326 g/mol. The highest BCUT2D eigenvalue weighted by molar-refractivity contribution is 6.33. The maximum atomic E-state index is 12.3. The molecule has 5 nitrogen and oxygen atoms in total. The molecule has 2 N–H and O–H groups in total. The van der Waals surface area contributed by atoms with Gasteiger partial charge < -0.3 is 10.2 Å². The fourth-order valence-electron chi connectivity index (χ4n) is 2.28. The molecule has 0 unspecified atom stereocenters. The van der Waals surface area contributed by atoms with Crippen LogP contribution in [0.5, 0.6) is 0 Å². The molecule has 0 spiro atoms. The zero-order valence-electron chi connectivity index (χ0n) is 11.3. The van der Waals surface area contributed by atoms with Crippen molar-refractivity contribution in [2.75, 3.05) is 26.2 Å². The number of rotatable bonds is 2. The molecule has 7 heteroatoms. The summed E-state index contributed by atoms with van der Waals surface area (Å²) >= 11 is 6.14. The number of benzene rings is 1. The molecule has 1 amide bonds. The minimum Gasteiger partial charge on any atom is -0.335 e. The van der Waals surface area contributed by atoms with Gasteiger partial charge in [-0.1, -0.05) is 29.8 Å². The van der Waals surface area contributed by atoms with E-state index in [2.05, 4.69) is 15.5 Å². The highest BCUT2D eigenvalue weighted by Gasteiger charge is 2.20. The van der Waals surface area contributed by atoms with Crippen molar-refractivity contribution < 1.29 is 4.79 Å². The van der Waals surface area contributed by atoms with Crippen molar-refractivity contribution in [3.05, 3.63) is 41.0 Å². The number of aromatic nitrogens is 2. The van der Waals surface area contributed by atoms with Crippen LogP contribution in [0, 0.1) is 0 Å². The normalized spacial score (nSPS) is 14.6. The molecule has 1 saturated heterocycles. The van der Waals surface area contributed by atoms with Crippen molar-refractivity contribution in [2.24, 2.45) is 0 Å². The Morgan fingerprint density at radius 3 is 2.67 bits per heavy atom. The molecular weight excluding hydrogens is 311 g/mol. The van der Waals surface area contributed by atoms with Crippen LogP contribution in [0.1, 0.15) is 10.5 Å². The Labute approximate surface area is 134 Å². The Morgan fingerprint density at radius 2 is 1.95 bits per heavy atom. The van der Waals surface area contributed by atoms with Gasteiger partial charge in [-0.25, -0.2) is 0 Å². The smallest absolute Gasteiger partial charge is 0.271 e. The van der Waals surface area contributed by atoms with Crippen LogP contribution in [-0.2, 0) is 0 Å². The summed E-state index contributed by atoms with van der Waals surface area (Å²) in [5.74, 6) is -0.0164. The van der Waals surface area contributed by atoms with E-state index in [0.717, 1.165) is 31.7 Å². The van der Waals surface area contributed by atoms with Gasteiger partial charge in [0.15, 0.2) is 0 Å². The van der Waals surface area contributed by atoms with E-state index in [4.69, 9.17) is 11.6 Å². The van der Waals surface area contributed by atoms with Crippen molar-refractivity contribution in [3.63, 3.8) is 0 Å². The number of aromatic amines is 1. The molecule has 0 saturated carbocycles. The molecule has 0 aliphatic carbocycles. The summed E-state index contributed by atoms with van der Waals surface area (Å²) < 4.78 is 0. The van der Waals surface area contributed by atoms with Crippen molar-refractivity contribution in [3.8, 4) is 11.3 Å². The van der Waals surface area contributed by atoms with E-state index in [9.17, 15) is 4.79 Å². The Kier molecular flexibility index (Phi) is 5.22. The van der Waals surface area contributed by atoms with Gasteiger partial charge in [-0.2, -0.15) is 5.10 Å². The van der Waals surface area contributed by atoms with Gasteiger partial charge in [-0.15, -0.1) is 12.4 Å². The largest absolute Gasteiger partial charge is 0.335 e. The Hall–Kier alpha value is -1.56. The first-order valence-corrected chi connectivity index (χ1v) is 6.94. The van der Waals surface area contributed by atoms with E-state index < -0.39 is 0 Å².